The molecule has 106 valence electrons. The summed E-state index contributed by atoms with van der Waals surface area (Å²) in [7, 11) is 0. The number of fused-ring (bicyclic) bond motifs is 1. The number of aliphatic hydroxyl groups is 1. The molecule has 1 amide bonds. The first-order valence-electron chi connectivity index (χ1n) is 7.24. The summed E-state index contributed by atoms with van der Waals surface area (Å²) < 4.78 is 0. The number of nitrogens with one attached hydrogen (secondary N) is 2. The van der Waals surface area contributed by atoms with Crippen molar-refractivity contribution in [3.8, 4) is 0 Å². The van der Waals surface area contributed by atoms with Crippen molar-refractivity contribution in [1.29, 1.82) is 0 Å². The Morgan fingerprint density at radius 3 is 3.00 bits per heavy atom. The van der Waals surface area contributed by atoms with Crippen LogP contribution >= 0.6 is 0 Å². The monoisotopic (exact) mass is 272 g/mol. The molecule has 1 heterocycles. The van der Waals surface area contributed by atoms with E-state index < -0.39 is 0 Å². The van der Waals surface area contributed by atoms with E-state index in [1.807, 2.05) is 30.5 Å². The van der Waals surface area contributed by atoms with Crippen LogP contribution in [0.5, 0.6) is 0 Å². The lowest BCUT2D eigenvalue weighted by molar-refractivity contribution is 0.0938. The van der Waals surface area contributed by atoms with Crippen molar-refractivity contribution < 1.29 is 9.90 Å². The summed E-state index contributed by atoms with van der Waals surface area (Å²) in [4.78, 5) is 15.3. The van der Waals surface area contributed by atoms with Gasteiger partial charge in [0.15, 0.2) is 0 Å². The summed E-state index contributed by atoms with van der Waals surface area (Å²) in [6.45, 7) is 0.894. The lowest BCUT2D eigenvalue weighted by Gasteiger charge is -2.17. The van der Waals surface area contributed by atoms with Gasteiger partial charge in [-0.2, -0.15) is 0 Å². The molecular formula is C16H20N2O2. The number of aromatic nitrogens is 1. The predicted octanol–water partition coefficient (Wildman–Crippen LogP) is 2.31. The smallest absolute Gasteiger partial charge is 0.251 e. The second-order valence-corrected chi connectivity index (χ2v) is 5.62. The minimum Gasteiger partial charge on any atom is -0.396 e. The van der Waals surface area contributed by atoms with Crippen molar-refractivity contribution in [3.05, 3.63) is 36.0 Å². The van der Waals surface area contributed by atoms with E-state index in [0.717, 1.165) is 30.2 Å². The molecule has 1 fully saturated rings. The van der Waals surface area contributed by atoms with Crippen LogP contribution in [0.2, 0.25) is 0 Å². The fourth-order valence-corrected chi connectivity index (χ4v) is 3.14. The van der Waals surface area contributed by atoms with Gasteiger partial charge in [0.2, 0.25) is 0 Å². The van der Waals surface area contributed by atoms with Gasteiger partial charge in [-0.25, -0.2) is 0 Å². The molecule has 0 aliphatic heterocycles. The van der Waals surface area contributed by atoms with Crippen molar-refractivity contribution >= 4 is 16.8 Å². The Balaban J connectivity index is 1.63. The van der Waals surface area contributed by atoms with Gasteiger partial charge in [0.1, 0.15) is 0 Å². The maximum Gasteiger partial charge on any atom is 0.251 e. The topological polar surface area (TPSA) is 65.1 Å². The molecule has 1 aliphatic carbocycles. The molecule has 1 aromatic carbocycles. The summed E-state index contributed by atoms with van der Waals surface area (Å²) in [5.41, 5.74) is 1.73. The lowest BCUT2D eigenvalue weighted by atomic mass is 9.97. The number of rotatable bonds is 4. The van der Waals surface area contributed by atoms with Gasteiger partial charge in [0.25, 0.3) is 5.91 Å². The number of carbonyl (C=O) groups is 1. The third-order valence-corrected chi connectivity index (χ3v) is 4.39. The number of amides is 1. The van der Waals surface area contributed by atoms with Crippen molar-refractivity contribution in [2.24, 2.45) is 11.8 Å². The highest BCUT2D eigenvalue weighted by Crippen LogP contribution is 2.30. The molecule has 0 bridgehead atoms. The molecule has 3 rings (SSSR count). The van der Waals surface area contributed by atoms with Crippen LogP contribution in [0.1, 0.15) is 29.6 Å². The van der Waals surface area contributed by atoms with Crippen LogP contribution in [-0.4, -0.2) is 29.1 Å². The minimum absolute atomic E-state index is 0.0308. The molecule has 1 aromatic heterocycles. The molecule has 1 aliphatic rings. The number of carbonyl (C=O) groups excluding carboxylic acids is 1. The molecule has 0 radical (unpaired) electrons. The van der Waals surface area contributed by atoms with Crippen LogP contribution in [-0.2, 0) is 0 Å². The van der Waals surface area contributed by atoms with E-state index in [1.54, 1.807) is 0 Å². The van der Waals surface area contributed by atoms with Crippen LogP contribution in [0.15, 0.2) is 30.5 Å². The zero-order chi connectivity index (χ0) is 13.9. The third-order valence-electron chi connectivity index (χ3n) is 4.39. The second kappa shape index (κ2) is 5.67. The normalized spacial score (nSPS) is 22.2. The average molecular weight is 272 g/mol. The van der Waals surface area contributed by atoms with Crippen molar-refractivity contribution in [1.82, 2.24) is 10.3 Å². The van der Waals surface area contributed by atoms with Gasteiger partial charge in [-0.15, -0.1) is 0 Å². The minimum atomic E-state index is -0.0308. The summed E-state index contributed by atoms with van der Waals surface area (Å²) in [6.07, 6.45) is 5.20. The largest absolute Gasteiger partial charge is 0.396 e. The van der Waals surface area contributed by atoms with Crippen LogP contribution in [0.25, 0.3) is 10.9 Å². The van der Waals surface area contributed by atoms with Gasteiger partial charge < -0.3 is 15.4 Å². The number of benzene rings is 1. The highest BCUT2D eigenvalue weighted by molar-refractivity contribution is 5.98. The highest BCUT2D eigenvalue weighted by Gasteiger charge is 2.26. The lowest BCUT2D eigenvalue weighted by Crippen LogP contribution is -2.31. The molecule has 2 unspecified atom stereocenters. The van der Waals surface area contributed by atoms with Crippen LogP contribution in [0.3, 0.4) is 0 Å². The molecule has 1 saturated carbocycles. The molecule has 2 aromatic rings. The van der Waals surface area contributed by atoms with E-state index in [9.17, 15) is 9.90 Å². The van der Waals surface area contributed by atoms with Crippen LogP contribution < -0.4 is 5.32 Å². The summed E-state index contributed by atoms with van der Waals surface area (Å²) in [5.74, 6) is 0.735. The van der Waals surface area contributed by atoms with Gasteiger partial charge in [-0.3, -0.25) is 4.79 Å². The van der Waals surface area contributed by atoms with Gasteiger partial charge in [0.05, 0.1) is 0 Å². The van der Waals surface area contributed by atoms with E-state index in [0.29, 0.717) is 23.9 Å². The Kier molecular flexibility index (Phi) is 3.74. The fourth-order valence-electron chi connectivity index (χ4n) is 3.14. The molecule has 0 saturated heterocycles. The molecule has 20 heavy (non-hydrogen) atoms. The van der Waals surface area contributed by atoms with Gasteiger partial charge in [0, 0.05) is 35.8 Å². The van der Waals surface area contributed by atoms with Crippen LogP contribution in [0.4, 0.5) is 0 Å². The van der Waals surface area contributed by atoms with Crippen molar-refractivity contribution in [2.45, 2.75) is 19.3 Å². The highest BCUT2D eigenvalue weighted by atomic mass is 16.3. The molecule has 3 N–H and O–H groups in total. The number of hydrogen-bond acceptors (Lipinski definition) is 2. The standard InChI is InChI=1S/C16H20N2O2/c19-10-14-3-1-2-13(14)9-18-16(20)12-4-5-15-11(8-12)6-7-17-15/h4-8,13-14,17,19H,1-3,9-10H2,(H,18,20). The first-order valence-corrected chi connectivity index (χ1v) is 7.24. The Hall–Kier alpha value is -1.81. The first kappa shape index (κ1) is 13.2. The average Bonchev–Trinajstić information content (AvgIpc) is 3.12. The molecule has 4 heteroatoms. The number of hydrogen-bond donors (Lipinski definition) is 3. The van der Waals surface area contributed by atoms with E-state index in [2.05, 4.69) is 10.3 Å². The quantitative estimate of drug-likeness (QED) is 0.799. The van der Waals surface area contributed by atoms with Gasteiger partial charge >= 0.3 is 0 Å². The second-order valence-electron chi connectivity index (χ2n) is 5.62. The van der Waals surface area contributed by atoms with Gasteiger partial charge in [-0.1, -0.05) is 6.42 Å². The SMILES string of the molecule is O=C(NCC1CCCC1CO)c1ccc2[nH]ccc2c1. The van der Waals surface area contributed by atoms with Crippen LogP contribution in [0, 0.1) is 11.8 Å². The van der Waals surface area contributed by atoms with E-state index in [-0.39, 0.29) is 12.5 Å². The van der Waals surface area contributed by atoms with E-state index in [4.69, 9.17) is 0 Å². The number of aliphatic hydroxyl groups excluding tert-OH is 1. The molecular weight excluding hydrogens is 252 g/mol. The molecule has 4 nitrogen and oxygen atoms in total. The number of H-pyrrole nitrogens is 1. The molecule has 0 spiro atoms. The Morgan fingerprint density at radius 1 is 1.30 bits per heavy atom. The van der Waals surface area contributed by atoms with Crippen molar-refractivity contribution in [3.63, 3.8) is 0 Å². The predicted molar refractivity (Wildman–Crippen MR) is 78.5 cm³/mol. The van der Waals surface area contributed by atoms with Crippen molar-refractivity contribution in [2.75, 3.05) is 13.2 Å². The molecule has 2 atom stereocenters. The Bertz CT molecular complexity index is 605. The summed E-state index contributed by atoms with van der Waals surface area (Å²) in [5, 5.41) is 13.3. The third kappa shape index (κ3) is 2.56. The first-order chi connectivity index (χ1) is 9.78. The summed E-state index contributed by atoms with van der Waals surface area (Å²) in [6, 6.07) is 7.63. The zero-order valence-electron chi connectivity index (χ0n) is 11.4. The maximum atomic E-state index is 12.2. The van der Waals surface area contributed by atoms with Gasteiger partial charge in [-0.05, 0) is 48.9 Å². The van der Waals surface area contributed by atoms with E-state index in [1.165, 1.54) is 0 Å². The maximum absolute atomic E-state index is 12.2. The van der Waals surface area contributed by atoms with E-state index >= 15 is 0 Å². The summed E-state index contributed by atoms with van der Waals surface area (Å²) >= 11 is 0. The Labute approximate surface area is 118 Å². The number of aromatic amines is 1. The fraction of sp³-hybridized carbons (Fsp3) is 0.438. The Morgan fingerprint density at radius 2 is 2.15 bits per heavy atom. The zero-order valence-corrected chi connectivity index (χ0v) is 11.4.